The highest BCUT2D eigenvalue weighted by Gasteiger charge is 2.42. The van der Waals surface area contributed by atoms with Crippen LogP contribution in [0.25, 0.3) is 0 Å². The summed E-state index contributed by atoms with van der Waals surface area (Å²) < 4.78 is 6.86. The Bertz CT molecular complexity index is 451. The summed E-state index contributed by atoms with van der Waals surface area (Å²) in [6.45, 7) is 7.17. The standard InChI is InChI=1S/C13H22N4O2/c1-9(2)5-10(11-14-8-15-17(11)4)16-12(18)13(3)6-19-7-13/h8-10H,5-7H2,1-4H3,(H,16,18). The molecule has 1 saturated heterocycles. The van der Waals surface area contributed by atoms with Crippen LogP contribution in [0.15, 0.2) is 6.33 Å². The minimum atomic E-state index is -0.395. The van der Waals surface area contributed by atoms with Crippen molar-refractivity contribution in [1.29, 1.82) is 0 Å². The number of aryl methyl sites for hydroxylation is 1. The third kappa shape index (κ3) is 2.94. The lowest BCUT2D eigenvalue weighted by molar-refractivity contribution is -0.158. The zero-order chi connectivity index (χ0) is 14.0. The molecule has 1 amide bonds. The molecule has 1 aromatic rings. The monoisotopic (exact) mass is 266 g/mol. The van der Waals surface area contributed by atoms with Gasteiger partial charge in [0.25, 0.3) is 0 Å². The van der Waals surface area contributed by atoms with Crippen LogP contribution in [0, 0.1) is 11.3 Å². The summed E-state index contributed by atoms with van der Waals surface area (Å²) in [4.78, 5) is 16.6. The highest BCUT2D eigenvalue weighted by molar-refractivity contribution is 5.83. The maximum atomic E-state index is 12.3. The Morgan fingerprint density at radius 2 is 2.26 bits per heavy atom. The first kappa shape index (κ1) is 14.0. The molecule has 1 aromatic heterocycles. The first-order chi connectivity index (χ1) is 8.92. The van der Waals surface area contributed by atoms with Crippen LogP contribution in [0.1, 0.15) is 39.1 Å². The minimum absolute atomic E-state index is 0.0346. The number of nitrogens with zero attached hydrogens (tertiary/aromatic N) is 3. The van der Waals surface area contributed by atoms with Crippen LogP contribution < -0.4 is 5.32 Å². The van der Waals surface area contributed by atoms with E-state index in [1.807, 2.05) is 14.0 Å². The van der Waals surface area contributed by atoms with Gasteiger partial charge in [0, 0.05) is 7.05 Å². The zero-order valence-electron chi connectivity index (χ0n) is 12.0. The first-order valence-electron chi connectivity index (χ1n) is 6.65. The van der Waals surface area contributed by atoms with Crippen molar-refractivity contribution in [2.75, 3.05) is 13.2 Å². The van der Waals surface area contributed by atoms with Crippen LogP contribution in [-0.4, -0.2) is 33.9 Å². The molecule has 0 bridgehead atoms. The van der Waals surface area contributed by atoms with Gasteiger partial charge in [-0.3, -0.25) is 9.48 Å². The van der Waals surface area contributed by atoms with Gasteiger partial charge in [0.1, 0.15) is 12.2 Å². The Morgan fingerprint density at radius 1 is 1.58 bits per heavy atom. The maximum absolute atomic E-state index is 12.3. The Hall–Kier alpha value is -1.43. The van der Waals surface area contributed by atoms with Gasteiger partial charge < -0.3 is 10.1 Å². The van der Waals surface area contributed by atoms with E-state index in [1.165, 1.54) is 6.33 Å². The molecule has 19 heavy (non-hydrogen) atoms. The van der Waals surface area contributed by atoms with Crippen molar-refractivity contribution >= 4 is 5.91 Å². The number of carbonyl (C=O) groups is 1. The molecule has 1 aliphatic heterocycles. The van der Waals surface area contributed by atoms with Gasteiger partial charge >= 0.3 is 0 Å². The van der Waals surface area contributed by atoms with Crippen LogP contribution in [0.5, 0.6) is 0 Å². The molecule has 106 valence electrons. The van der Waals surface area contributed by atoms with Gasteiger partial charge in [-0.2, -0.15) is 5.10 Å². The lowest BCUT2D eigenvalue weighted by Crippen LogP contribution is -2.52. The molecule has 1 unspecified atom stereocenters. The molecule has 1 atom stereocenters. The molecule has 6 heteroatoms. The average Bonchev–Trinajstić information content (AvgIpc) is 2.70. The number of hydrogen-bond donors (Lipinski definition) is 1. The molecule has 1 aliphatic rings. The van der Waals surface area contributed by atoms with Gasteiger partial charge in [-0.15, -0.1) is 0 Å². The number of amides is 1. The van der Waals surface area contributed by atoms with E-state index in [1.54, 1.807) is 4.68 Å². The van der Waals surface area contributed by atoms with E-state index in [2.05, 4.69) is 29.2 Å². The summed E-state index contributed by atoms with van der Waals surface area (Å²) in [6.07, 6.45) is 2.36. The Morgan fingerprint density at radius 3 is 2.68 bits per heavy atom. The van der Waals surface area contributed by atoms with Gasteiger partial charge in [-0.1, -0.05) is 13.8 Å². The molecule has 1 N–H and O–H groups in total. The van der Waals surface area contributed by atoms with Gasteiger partial charge in [0.15, 0.2) is 0 Å². The topological polar surface area (TPSA) is 69.0 Å². The average molecular weight is 266 g/mol. The lowest BCUT2D eigenvalue weighted by atomic mass is 9.87. The molecule has 0 saturated carbocycles. The summed E-state index contributed by atoms with van der Waals surface area (Å²) in [6, 6.07) is -0.0996. The van der Waals surface area contributed by atoms with Crippen LogP contribution in [0.2, 0.25) is 0 Å². The van der Waals surface area contributed by atoms with Crippen LogP contribution in [0.3, 0.4) is 0 Å². The van der Waals surface area contributed by atoms with Gasteiger partial charge in [0.05, 0.1) is 24.7 Å². The lowest BCUT2D eigenvalue weighted by Gasteiger charge is -2.37. The van der Waals surface area contributed by atoms with E-state index in [0.29, 0.717) is 19.1 Å². The number of carbonyl (C=O) groups excluding carboxylic acids is 1. The van der Waals surface area contributed by atoms with Crippen molar-refractivity contribution in [3.8, 4) is 0 Å². The molecule has 1 fully saturated rings. The summed E-state index contributed by atoms with van der Waals surface area (Å²) in [5.41, 5.74) is -0.395. The van der Waals surface area contributed by atoms with Crippen LogP contribution in [0.4, 0.5) is 0 Å². The fraction of sp³-hybridized carbons (Fsp3) is 0.769. The van der Waals surface area contributed by atoms with Crippen molar-refractivity contribution < 1.29 is 9.53 Å². The fourth-order valence-electron chi connectivity index (χ4n) is 2.19. The van der Waals surface area contributed by atoms with Crippen molar-refractivity contribution in [3.05, 3.63) is 12.2 Å². The van der Waals surface area contributed by atoms with Crippen LogP contribution >= 0.6 is 0 Å². The predicted molar refractivity (Wildman–Crippen MR) is 70.3 cm³/mol. The van der Waals surface area contributed by atoms with Crippen LogP contribution in [-0.2, 0) is 16.6 Å². The summed E-state index contributed by atoms with van der Waals surface area (Å²) in [5.74, 6) is 1.30. The van der Waals surface area contributed by atoms with Crippen molar-refractivity contribution in [2.45, 2.75) is 33.2 Å². The second-order valence-corrected chi connectivity index (χ2v) is 5.95. The molecular formula is C13H22N4O2. The normalized spacial score (nSPS) is 19.0. The SMILES string of the molecule is CC(C)CC(NC(=O)C1(C)COC1)c1ncnn1C. The molecule has 0 radical (unpaired) electrons. The largest absolute Gasteiger partial charge is 0.379 e. The summed E-state index contributed by atoms with van der Waals surface area (Å²) in [5, 5.41) is 7.17. The van der Waals surface area contributed by atoms with Crippen molar-refractivity contribution in [2.24, 2.45) is 18.4 Å². The second-order valence-electron chi connectivity index (χ2n) is 5.95. The Kier molecular flexibility index (Phi) is 3.89. The summed E-state index contributed by atoms with van der Waals surface area (Å²) in [7, 11) is 1.84. The fourth-order valence-corrected chi connectivity index (χ4v) is 2.19. The van der Waals surface area contributed by atoms with E-state index >= 15 is 0 Å². The van der Waals surface area contributed by atoms with E-state index < -0.39 is 5.41 Å². The summed E-state index contributed by atoms with van der Waals surface area (Å²) >= 11 is 0. The molecular weight excluding hydrogens is 244 g/mol. The first-order valence-corrected chi connectivity index (χ1v) is 6.65. The molecule has 0 spiro atoms. The van der Waals surface area contributed by atoms with Crippen molar-refractivity contribution in [3.63, 3.8) is 0 Å². The zero-order valence-corrected chi connectivity index (χ0v) is 12.0. The Balaban J connectivity index is 2.10. The van der Waals surface area contributed by atoms with E-state index in [0.717, 1.165) is 12.2 Å². The predicted octanol–water partition coefficient (Wildman–Crippen LogP) is 1.05. The van der Waals surface area contributed by atoms with E-state index in [-0.39, 0.29) is 11.9 Å². The smallest absolute Gasteiger partial charge is 0.231 e. The van der Waals surface area contributed by atoms with E-state index in [4.69, 9.17) is 4.74 Å². The van der Waals surface area contributed by atoms with Gasteiger partial charge in [-0.05, 0) is 19.3 Å². The molecule has 2 heterocycles. The molecule has 0 aliphatic carbocycles. The highest BCUT2D eigenvalue weighted by atomic mass is 16.5. The highest BCUT2D eigenvalue weighted by Crippen LogP contribution is 2.28. The van der Waals surface area contributed by atoms with Crippen molar-refractivity contribution in [1.82, 2.24) is 20.1 Å². The maximum Gasteiger partial charge on any atom is 0.231 e. The molecule has 0 aromatic carbocycles. The number of ether oxygens (including phenoxy) is 1. The van der Waals surface area contributed by atoms with Gasteiger partial charge in [-0.25, -0.2) is 4.98 Å². The minimum Gasteiger partial charge on any atom is -0.379 e. The third-order valence-corrected chi connectivity index (χ3v) is 3.46. The quantitative estimate of drug-likeness (QED) is 0.865. The van der Waals surface area contributed by atoms with Gasteiger partial charge in [0.2, 0.25) is 5.91 Å². The molecule has 6 nitrogen and oxygen atoms in total. The number of nitrogens with one attached hydrogen (secondary N) is 1. The number of aromatic nitrogens is 3. The van der Waals surface area contributed by atoms with E-state index in [9.17, 15) is 4.79 Å². The third-order valence-electron chi connectivity index (χ3n) is 3.46. The number of hydrogen-bond acceptors (Lipinski definition) is 4. The second kappa shape index (κ2) is 5.28. The number of rotatable bonds is 5. The molecule has 2 rings (SSSR count). The Labute approximate surface area is 113 Å².